The van der Waals surface area contributed by atoms with Gasteiger partial charge in [-0.2, -0.15) is 10.2 Å². The predicted molar refractivity (Wildman–Crippen MR) is 94.7 cm³/mol. The van der Waals surface area contributed by atoms with Gasteiger partial charge in [0.05, 0.1) is 11.4 Å². The fourth-order valence-electron chi connectivity index (χ4n) is 3.25. The van der Waals surface area contributed by atoms with Crippen molar-refractivity contribution in [3.63, 3.8) is 0 Å². The van der Waals surface area contributed by atoms with E-state index in [9.17, 15) is 4.79 Å². The van der Waals surface area contributed by atoms with Crippen molar-refractivity contribution in [2.75, 3.05) is 13.1 Å². The molecule has 0 spiro atoms. The van der Waals surface area contributed by atoms with Gasteiger partial charge in [0.15, 0.2) is 0 Å². The molecule has 0 bridgehead atoms. The minimum Gasteiger partial charge on any atom is -0.343 e. The van der Waals surface area contributed by atoms with E-state index in [0.717, 1.165) is 50.2 Å². The van der Waals surface area contributed by atoms with Gasteiger partial charge in [-0.15, -0.1) is 0 Å². The standard InChI is InChI=1S/C20H25N3O/c1-15-3-5-17(6-4-15)13-19-7-8-20(22-21-19)14-18-9-11-23(12-10-18)16(2)24/h3-8,18H,9-14H2,1-2H3. The number of aryl methyl sites for hydroxylation is 1. The maximum Gasteiger partial charge on any atom is 0.219 e. The molecule has 126 valence electrons. The highest BCUT2D eigenvalue weighted by atomic mass is 16.2. The summed E-state index contributed by atoms with van der Waals surface area (Å²) in [7, 11) is 0. The van der Waals surface area contributed by atoms with Crippen LogP contribution in [-0.2, 0) is 17.6 Å². The van der Waals surface area contributed by atoms with Crippen LogP contribution < -0.4 is 0 Å². The Kier molecular flexibility index (Phi) is 5.24. The molecule has 0 atom stereocenters. The first-order valence-corrected chi connectivity index (χ1v) is 8.72. The Bertz CT molecular complexity index is 671. The topological polar surface area (TPSA) is 46.1 Å². The average Bonchev–Trinajstić information content (AvgIpc) is 2.59. The number of likely N-dealkylation sites (tertiary alicyclic amines) is 1. The van der Waals surface area contributed by atoms with Crippen molar-refractivity contribution in [1.29, 1.82) is 0 Å². The number of aromatic nitrogens is 2. The molecule has 1 aliphatic heterocycles. The highest BCUT2D eigenvalue weighted by Crippen LogP contribution is 2.21. The van der Waals surface area contributed by atoms with Gasteiger partial charge in [-0.3, -0.25) is 4.79 Å². The largest absolute Gasteiger partial charge is 0.343 e. The van der Waals surface area contributed by atoms with Crippen LogP contribution in [0.15, 0.2) is 36.4 Å². The van der Waals surface area contributed by atoms with Crippen LogP contribution in [0.1, 0.15) is 42.3 Å². The van der Waals surface area contributed by atoms with E-state index in [0.29, 0.717) is 5.92 Å². The second kappa shape index (κ2) is 7.56. The first kappa shape index (κ1) is 16.6. The second-order valence-electron chi connectivity index (χ2n) is 6.83. The summed E-state index contributed by atoms with van der Waals surface area (Å²) in [5.41, 5.74) is 4.60. The highest BCUT2D eigenvalue weighted by Gasteiger charge is 2.21. The molecule has 0 N–H and O–H groups in total. The fraction of sp³-hybridized carbons (Fsp3) is 0.450. The molecule has 0 saturated carbocycles. The van der Waals surface area contributed by atoms with Gasteiger partial charge in [-0.05, 0) is 49.8 Å². The van der Waals surface area contributed by atoms with Crippen LogP contribution in [0.4, 0.5) is 0 Å². The van der Waals surface area contributed by atoms with Crippen molar-refractivity contribution in [2.45, 2.75) is 39.5 Å². The minimum absolute atomic E-state index is 0.189. The zero-order valence-electron chi connectivity index (χ0n) is 14.5. The highest BCUT2D eigenvalue weighted by molar-refractivity contribution is 5.73. The molecule has 1 saturated heterocycles. The molecule has 1 amide bonds. The first-order valence-electron chi connectivity index (χ1n) is 8.72. The maximum atomic E-state index is 11.4. The number of rotatable bonds is 4. The van der Waals surface area contributed by atoms with Crippen molar-refractivity contribution < 1.29 is 4.79 Å². The first-order chi connectivity index (χ1) is 11.6. The number of carbonyl (C=O) groups excluding carboxylic acids is 1. The van der Waals surface area contributed by atoms with Gasteiger partial charge in [-0.25, -0.2) is 0 Å². The lowest BCUT2D eigenvalue weighted by Gasteiger charge is -2.31. The van der Waals surface area contributed by atoms with Crippen LogP contribution in [0.3, 0.4) is 0 Å². The van der Waals surface area contributed by atoms with E-state index >= 15 is 0 Å². The summed E-state index contributed by atoms with van der Waals surface area (Å²) in [5, 5.41) is 8.80. The lowest BCUT2D eigenvalue weighted by Crippen LogP contribution is -2.37. The fourth-order valence-corrected chi connectivity index (χ4v) is 3.25. The summed E-state index contributed by atoms with van der Waals surface area (Å²) in [6, 6.07) is 12.7. The Morgan fingerprint density at radius 2 is 1.67 bits per heavy atom. The summed E-state index contributed by atoms with van der Waals surface area (Å²) < 4.78 is 0. The number of hydrogen-bond acceptors (Lipinski definition) is 3. The number of benzene rings is 1. The minimum atomic E-state index is 0.189. The quantitative estimate of drug-likeness (QED) is 0.868. The molecule has 3 rings (SSSR count). The van der Waals surface area contributed by atoms with Gasteiger partial charge in [0, 0.05) is 26.4 Å². The van der Waals surface area contributed by atoms with Crippen LogP contribution in [0, 0.1) is 12.8 Å². The molecule has 1 aromatic carbocycles. The van der Waals surface area contributed by atoms with Gasteiger partial charge in [0.25, 0.3) is 0 Å². The molecular formula is C20H25N3O. The number of nitrogens with zero attached hydrogens (tertiary/aromatic N) is 3. The zero-order valence-corrected chi connectivity index (χ0v) is 14.5. The molecule has 24 heavy (non-hydrogen) atoms. The SMILES string of the molecule is CC(=O)N1CCC(Cc2ccc(Cc3ccc(C)cc3)nn2)CC1. The van der Waals surface area contributed by atoms with Crippen molar-refractivity contribution >= 4 is 5.91 Å². The average molecular weight is 323 g/mol. The van der Waals surface area contributed by atoms with E-state index in [2.05, 4.69) is 53.5 Å². The summed E-state index contributed by atoms with van der Waals surface area (Å²) in [5.74, 6) is 0.798. The lowest BCUT2D eigenvalue weighted by molar-refractivity contribution is -0.130. The van der Waals surface area contributed by atoms with E-state index in [4.69, 9.17) is 0 Å². The maximum absolute atomic E-state index is 11.4. The third kappa shape index (κ3) is 4.40. The molecule has 2 heterocycles. The smallest absolute Gasteiger partial charge is 0.219 e. The number of carbonyl (C=O) groups is 1. The van der Waals surface area contributed by atoms with Gasteiger partial charge in [-0.1, -0.05) is 29.8 Å². The van der Waals surface area contributed by atoms with Gasteiger partial charge in [0.1, 0.15) is 0 Å². The van der Waals surface area contributed by atoms with Gasteiger partial charge in [0.2, 0.25) is 5.91 Å². The number of hydrogen-bond donors (Lipinski definition) is 0. The van der Waals surface area contributed by atoms with Crippen molar-refractivity contribution in [2.24, 2.45) is 5.92 Å². The van der Waals surface area contributed by atoms with Crippen LogP contribution in [0.2, 0.25) is 0 Å². The molecule has 0 radical (unpaired) electrons. The molecule has 0 unspecified atom stereocenters. The van der Waals surface area contributed by atoms with E-state index in [-0.39, 0.29) is 5.91 Å². The van der Waals surface area contributed by atoms with Crippen LogP contribution in [0.25, 0.3) is 0 Å². The molecular weight excluding hydrogens is 298 g/mol. The van der Waals surface area contributed by atoms with Crippen LogP contribution in [0.5, 0.6) is 0 Å². The van der Waals surface area contributed by atoms with Crippen molar-refractivity contribution in [3.05, 3.63) is 58.9 Å². The molecule has 4 nitrogen and oxygen atoms in total. The Labute approximate surface area is 143 Å². The Hall–Kier alpha value is -2.23. The third-order valence-corrected chi connectivity index (χ3v) is 4.84. The number of piperidine rings is 1. The summed E-state index contributed by atoms with van der Waals surface area (Å²) in [4.78, 5) is 13.3. The van der Waals surface area contributed by atoms with Gasteiger partial charge < -0.3 is 4.90 Å². The van der Waals surface area contributed by atoms with Crippen molar-refractivity contribution in [3.8, 4) is 0 Å². The Morgan fingerprint density at radius 3 is 2.25 bits per heavy atom. The molecule has 4 heteroatoms. The Balaban J connectivity index is 1.53. The molecule has 2 aromatic rings. The molecule has 1 fully saturated rings. The lowest BCUT2D eigenvalue weighted by atomic mass is 9.92. The van der Waals surface area contributed by atoms with Crippen LogP contribution in [-0.4, -0.2) is 34.1 Å². The molecule has 1 aliphatic rings. The third-order valence-electron chi connectivity index (χ3n) is 4.84. The zero-order chi connectivity index (χ0) is 16.9. The normalized spacial score (nSPS) is 15.5. The molecule has 0 aliphatic carbocycles. The van der Waals surface area contributed by atoms with E-state index < -0.39 is 0 Å². The summed E-state index contributed by atoms with van der Waals surface area (Å²) >= 11 is 0. The van der Waals surface area contributed by atoms with Crippen LogP contribution >= 0.6 is 0 Å². The van der Waals surface area contributed by atoms with E-state index in [1.807, 2.05) is 4.90 Å². The van der Waals surface area contributed by atoms with Crippen molar-refractivity contribution in [1.82, 2.24) is 15.1 Å². The summed E-state index contributed by atoms with van der Waals surface area (Å²) in [6.07, 6.45) is 3.91. The van der Waals surface area contributed by atoms with Gasteiger partial charge >= 0.3 is 0 Å². The molecule has 1 aromatic heterocycles. The Morgan fingerprint density at radius 1 is 1.04 bits per heavy atom. The summed E-state index contributed by atoms with van der Waals surface area (Å²) in [6.45, 7) is 5.50. The number of amides is 1. The van der Waals surface area contributed by atoms with E-state index in [1.165, 1.54) is 11.1 Å². The monoisotopic (exact) mass is 323 g/mol. The predicted octanol–water partition coefficient (Wildman–Crippen LogP) is 3.18. The van der Waals surface area contributed by atoms with E-state index in [1.54, 1.807) is 6.92 Å². The second-order valence-corrected chi connectivity index (χ2v) is 6.83.